The molecular formula is C27H23N5O2. The number of benzene rings is 3. The van der Waals surface area contributed by atoms with Gasteiger partial charge in [-0.2, -0.15) is 4.98 Å². The Balaban J connectivity index is 1.67. The molecule has 0 saturated carbocycles. The van der Waals surface area contributed by atoms with Crippen molar-refractivity contribution < 1.29 is 0 Å². The number of imidazole rings is 2. The predicted octanol–water partition coefficient (Wildman–Crippen LogP) is 3.86. The first-order valence-corrected chi connectivity index (χ1v) is 11.1. The van der Waals surface area contributed by atoms with Crippen molar-refractivity contribution in [1.29, 1.82) is 0 Å². The van der Waals surface area contributed by atoms with Crippen LogP contribution in [0, 0.1) is 6.92 Å². The highest BCUT2D eigenvalue weighted by Crippen LogP contribution is 2.29. The molecule has 0 aliphatic carbocycles. The van der Waals surface area contributed by atoms with Crippen molar-refractivity contribution in [3.8, 4) is 11.3 Å². The van der Waals surface area contributed by atoms with E-state index in [4.69, 9.17) is 4.98 Å². The van der Waals surface area contributed by atoms with Crippen LogP contribution in [-0.4, -0.2) is 23.1 Å². The molecule has 0 spiro atoms. The molecule has 0 atom stereocenters. The van der Waals surface area contributed by atoms with Crippen molar-refractivity contribution in [2.24, 2.45) is 14.1 Å². The molecule has 6 aromatic rings. The zero-order valence-electron chi connectivity index (χ0n) is 19.2. The average molecular weight is 450 g/mol. The van der Waals surface area contributed by atoms with Crippen molar-refractivity contribution in [1.82, 2.24) is 23.1 Å². The zero-order chi connectivity index (χ0) is 23.6. The summed E-state index contributed by atoms with van der Waals surface area (Å²) in [4.78, 5) is 30.4. The Morgan fingerprint density at radius 1 is 0.853 bits per heavy atom. The van der Waals surface area contributed by atoms with Gasteiger partial charge in [-0.15, -0.1) is 0 Å². The van der Waals surface area contributed by atoms with E-state index in [9.17, 15) is 9.59 Å². The van der Waals surface area contributed by atoms with Gasteiger partial charge in [-0.1, -0.05) is 66.2 Å². The van der Waals surface area contributed by atoms with E-state index in [2.05, 4.69) is 66.1 Å². The summed E-state index contributed by atoms with van der Waals surface area (Å²) in [5.41, 5.74) is 4.33. The van der Waals surface area contributed by atoms with Crippen LogP contribution in [0.1, 0.15) is 11.1 Å². The first-order valence-electron chi connectivity index (χ1n) is 11.1. The molecule has 7 nitrogen and oxygen atoms in total. The topological polar surface area (TPSA) is 66.2 Å². The van der Waals surface area contributed by atoms with Gasteiger partial charge in [0.05, 0.1) is 12.2 Å². The van der Waals surface area contributed by atoms with Gasteiger partial charge in [0, 0.05) is 25.9 Å². The third-order valence-electron chi connectivity index (χ3n) is 6.56. The van der Waals surface area contributed by atoms with Crippen molar-refractivity contribution in [2.75, 3.05) is 0 Å². The van der Waals surface area contributed by atoms with Crippen LogP contribution >= 0.6 is 0 Å². The van der Waals surface area contributed by atoms with Crippen LogP contribution in [0.25, 0.3) is 39.0 Å². The van der Waals surface area contributed by atoms with Crippen molar-refractivity contribution >= 4 is 27.7 Å². The lowest BCUT2D eigenvalue weighted by Crippen LogP contribution is -2.37. The Bertz CT molecular complexity index is 1850. The van der Waals surface area contributed by atoms with Crippen molar-refractivity contribution in [3.63, 3.8) is 0 Å². The molecule has 0 aliphatic heterocycles. The van der Waals surface area contributed by atoms with Crippen molar-refractivity contribution in [2.45, 2.75) is 13.5 Å². The van der Waals surface area contributed by atoms with E-state index in [1.54, 1.807) is 7.05 Å². The second-order valence-corrected chi connectivity index (χ2v) is 8.81. The number of hydrogen-bond donors (Lipinski definition) is 0. The van der Waals surface area contributed by atoms with Gasteiger partial charge in [0.1, 0.15) is 0 Å². The fourth-order valence-corrected chi connectivity index (χ4v) is 4.63. The van der Waals surface area contributed by atoms with E-state index >= 15 is 0 Å². The molecule has 3 aromatic carbocycles. The summed E-state index contributed by atoms with van der Waals surface area (Å²) < 4.78 is 6.48. The van der Waals surface area contributed by atoms with Gasteiger partial charge in [-0.25, -0.2) is 4.79 Å². The van der Waals surface area contributed by atoms with Gasteiger partial charge in [0.25, 0.3) is 5.56 Å². The van der Waals surface area contributed by atoms with Gasteiger partial charge in [0.2, 0.25) is 5.78 Å². The van der Waals surface area contributed by atoms with E-state index in [-0.39, 0.29) is 5.56 Å². The lowest BCUT2D eigenvalue weighted by Gasteiger charge is -2.10. The van der Waals surface area contributed by atoms with E-state index in [1.807, 2.05) is 22.7 Å². The fourth-order valence-electron chi connectivity index (χ4n) is 4.63. The third-order valence-corrected chi connectivity index (χ3v) is 6.56. The molecule has 0 aliphatic rings. The zero-order valence-corrected chi connectivity index (χ0v) is 19.2. The van der Waals surface area contributed by atoms with Crippen LogP contribution < -0.4 is 11.2 Å². The monoisotopic (exact) mass is 449 g/mol. The van der Waals surface area contributed by atoms with Crippen LogP contribution in [-0.2, 0) is 20.6 Å². The predicted molar refractivity (Wildman–Crippen MR) is 134 cm³/mol. The summed E-state index contributed by atoms with van der Waals surface area (Å²) in [5, 5.41) is 2.31. The van der Waals surface area contributed by atoms with E-state index in [0.717, 1.165) is 26.8 Å². The SMILES string of the molecule is Cc1ccc(Cn2c(-c3ccc4ccccc4c3)cn3c4c(=O)n(C)c(=O)n(C)c4nc23)cc1. The molecule has 0 radical (unpaired) electrons. The Hall–Kier alpha value is -4.39. The van der Waals surface area contributed by atoms with Crippen LogP contribution in [0.15, 0.2) is 82.5 Å². The summed E-state index contributed by atoms with van der Waals surface area (Å²) in [6, 6.07) is 23.0. The Kier molecular flexibility index (Phi) is 4.35. The van der Waals surface area contributed by atoms with E-state index in [1.165, 1.54) is 22.6 Å². The molecule has 0 unspecified atom stereocenters. The highest BCUT2D eigenvalue weighted by molar-refractivity contribution is 5.87. The maximum Gasteiger partial charge on any atom is 0.332 e. The number of nitrogens with zero attached hydrogens (tertiary/aromatic N) is 5. The van der Waals surface area contributed by atoms with Gasteiger partial charge < -0.3 is 4.57 Å². The molecular weight excluding hydrogens is 426 g/mol. The molecule has 0 N–H and O–H groups in total. The summed E-state index contributed by atoms with van der Waals surface area (Å²) in [5.74, 6) is 0.622. The standard InChI is InChI=1S/C27H23N5O2/c1-17-8-10-18(11-9-17)15-31-22(21-13-12-19-6-4-5-7-20(19)14-21)16-32-23-24(28-26(31)32)29(2)27(34)30(3)25(23)33/h4-14,16H,15H2,1-3H3. The first kappa shape index (κ1) is 20.2. The molecule has 34 heavy (non-hydrogen) atoms. The highest BCUT2D eigenvalue weighted by atomic mass is 16.2. The molecule has 6 rings (SSSR count). The summed E-state index contributed by atoms with van der Waals surface area (Å²) in [7, 11) is 3.14. The van der Waals surface area contributed by atoms with Crippen LogP contribution in [0.2, 0.25) is 0 Å². The Labute approximate surface area is 194 Å². The second kappa shape index (κ2) is 7.31. The van der Waals surface area contributed by atoms with Gasteiger partial charge in [-0.05, 0) is 29.3 Å². The molecule has 0 amide bonds. The molecule has 3 heterocycles. The number of aromatic nitrogens is 5. The molecule has 0 bridgehead atoms. The quantitative estimate of drug-likeness (QED) is 0.412. The molecule has 0 saturated heterocycles. The summed E-state index contributed by atoms with van der Waals surface area (Å²) in [6.07, 6.45) is 1.95. The normalized spacial score (nSPS) is 11.7. The summed E-state index contributed by atoms with van der Waals surface area (Å²) >= 11 is 0. The van der Waals surface area contributed by atoms with Crippen LogP contribution in [0.3, 0.4) is 0 Å². The highest BCUT2D eigenvalue weighted by Gasteiger charge is 2.21. The average Bonchev–Trinajstić information content (AvgIpc) is 3.39. The molecule has 0 fully saturated rings. The van der Waals surface area contributed by atoms with Gasteiger partial charge in [-0.3, -0.25) is 18.3 Å². The number of rotatable bonds is 3. The van der Waals surface area contributed by atoms with Crippen LogP contribution in [0.5, 0.6) is 0 Å². The maximum absolute atomic E-state index is 13.1. The number of aryl methyl sites for hydroxylation is 2. The minimum atomic E-state index is -0.391. The van der Waals surface area contributed by atoms with Crippen LogP contribution in [0.4, 0.5) is 0 Å². The number of fused-ring (bicyclic) bond motifs is 4. The molecule has 168 valence electrons. The third kappa shape index (κ3) is 2.94. The van der Waals surface area contributed by atoms with Gasteiger partial charge >= 0.3 is 5.69 Å². The van der Waals surface area contributed by atoms with Gasteiger partial charge in [0.15, 0.2) is 11.2 Å². The first-order chi connectivity index (χ1) is 16.4. The Morgan fingerprint density at radius 2 is 1.59 bits per heavy atom. The minimum absolute atomic E-state index is 0.358. The lowest BCUT2D eigenvalue weighted by atomic mass is 10.1. The molecule has 3 aromatic heterocycles. The van der Waals surface area contributed by atoms with E-state index in [0.29, 0.717) is 23.5 Å². The second-order valence-electron chi connectivity index (χ2n) is 8.81. The smallest absolute Gasteiger partial charge is 0.305 e. The minimum Gasteiger partial charge on any atom is -0.305 e. The van der Waals surface area contributed by atoms with Crippen molar-refractivity contribution in [3.05, 3.63) is 105 Å². The summed E-state index contributed by atoms with van der Waals surface area (Å²) in [6.45, 7) is 2.65. The Morgan fingerprint density at radius 3 is 2.35 bits per heavy atom. The lowest BCUT2D eigenvalue weighted by molar-refractivity contribution is 0.707. The number of hydrogen-bond acceptors (Lipinski definition) is 3. The largest absolute Gasteiger partial charge is 0.332 e. The van der Waals surface area contributed by atoms with E-state index < -0.39 is 5.69 Å². The fraction of sp³-hybridized carbons (Fsp3) is 0.148. The maximum atomic E-state index is 13.1. The molecule has 7 heteroatoms.